The molecule has 3 rings (SSSR count). The molecule has 0 saturated heterocycles. The van der Waals surface area contributed by atoms with Crippen molar-refractivity contribution in [3.8, 4) is 5.75 Å². The Bertz CT molecular complexity index is 503. The van der Waals surface area contributed by atoms with Crippen LogP contribution in [-0.4, -0.2) is 29.6 Å². The highest BCUT2D eigenvalue weighted by Crippen LogP contribution is 2.34. The van der Waals surface area contributed by atoms with Gasteiger partial charge in [0.1, 0.15) is 5.75 Å². The van der Waals surface area contributed by atoms with Gasteiger partial charge in [-0.15, -0.1) is 0 Å². The summed E-state index contributed by atoms with van der Waals surface area (Å²) < 4.78 is 5.71. The molecule has 1 aliphatic carbocycles. The third-order valence-electron chi connectivity index (χ3n) is 4.38. The minimum atomic E-state index is 0.205. The maximum absolute atomic E-state index is 6.13. The fourth-order valence-electron chi connectivity index (χ4n) is 3.44. The summed E-state index contributed by atoms with van der Waals surface area (Å²) in [6.45, 7) is 4.86. The van der Waals surface area contributed by atoms with Gasteiger partial charge in [0.25, 0.3) is 0 Å². The van der Waals surface area contributed by atoms with Crippen LogP contribution < -0.4 is 10.5 Å². The van der Waals surface area contributed by atoms with Crippen LogP contribution in [0.4, 0.5) is 0 Å². The average molecular weight is 287 g/mol. The van der Waals surface area contributed by atoms with Crippen molar-refractivity contribution in [3.63, 3.8) is 0 Å². The topological polar surface area (TPSA) is 50.9 Å². The maximum Gasteiger partial charge on any atom is 0.192 e. The Hall–Kier alpha value is -1.71. The molecule has 21 heavy (non-hydrogen) atoms. The second kappa shape index (κ2) is 5.96. The van der Waals surface area contributed by atoms with Gasteiger partial charge in [-0.3, -0.25) is 4.99 Å². The highest BCUT2D eigenvalue weighted by molar-refractivity contribution is 5.80. The lowest BCUT2D eigenvalue weighted by atomic mass is 10.0. The van der Waals surface area contributed by atoms with E-state index in [-0.39, 0.29) is 6.10 Å². The standard InChI is InChI=1S/C17H25N3O/c1-12(2)21-15-9-7-13(8-10-15)16-11-19-17(18)20(16)14-5-3-4-6-14/h7-10,12,14,16H,3-6,11H2,1-2H3,(H2,18,19). The molecule has 2 N–H and O–H groups in total. The van der Waals surface area contributed by atoms with Crippen LogP contribution in [0.2, 0.25) is 0 Å². The first-order valence-corrected chi connectivity index (χ1v) is 8.00. The van der Waals surface area contributed by atoms with Gasteiger partial charge >= 0.3 is 0 Å². The summed E-state index contributed by atoms with van der Waals surface area (Å²) in [6.07, 6.45) is 5.30. The minimum absolute atomic E-state index is 0.205. The van der Waals surface area contributed by atoms with Crippen LogP contribution in [0.3, 0.4) is 0 Å². The van der Waals surface area contributed by atoms with Gasteiger partial charge < -0.3 is 15.4 Å². The third-order valence-corrected chi connectivity index (χ3v) is 4.38. The van der Waals surface area contributed by atoms with Gasteiger partial charge in [-0.05, 0) is 44.4 Å². The molecule has 1 atom stereocenters. The molecule has 0 aromatic heterocycles. The Balaban J connectivity index is 1.76. The van der Waals surface area contributed by atoms with E-state index in [0.717, 1.165) is 18.3 Å². The molecule has 0 bridgehead atoms. The lowest BCUT2D eigenvalue weighted by molar-refractivity contribution is 0.241. The Morgan fingerprint density at radius 1 is 1.19 bits per heavy atom. The van der Waals surface area contributed by atoms with Crippen LogP contribution >= 0.6 is 0 Å². The first kappa shape index (κ1) is 14.2. The quantitative estimate of drug-likeness (QED) is 0.926. The van der Waals surface area contributed by atoms with Crippen LogP contribution in [0.5, 0.6) is 5.75 Å². The number of aliphatic imine (C=N–C) groups is 1. The highest BCUT2D eigenvalue weighted by atomic mass is 16.5. The Morgan fingerprint density at radius 3 is 2.48 bits per heavy atom. The number of nitrogens with zero attached hydrogens (tertiary/aromatic N) is 2. The van der Waals surface area contributed by atoms with Gasteiger partial charge in [0, 0.05) is 6.04 Å². The van der Waals surface area contributed by atoms with E-state index < -0.39 is 0 Å². The van der Waals surface area contributed by atoms with Crippen molar-refractivity contribution in [2.24, 2.45) is 10.7 Å². The predicted octanol–water partition coefficient (Wildman–Crippen LogP) is 3.09. The second-order valence-corrected chi connectivity index (χ2v) is 6.30. The van der Waals surface area contributed by atoms with Crippen LogP contribution in [0.25, 0.3) is 0 Å². The number of hydrogen-bond donors (Lipinski definition) is 1. The monoisotopic (exact) mass is 287 g/mol. The van der Waals surface area contributed by atoms with E-state index >= 15 is 0 Å². The largest absolute Gasteiger partial charge is 0.491 e. The van der Waals surface area contributed by atoms with Gasteiger partial charge in [0.05, 0.1) is 18.7 Å². The van der Waals surface area contributed by atoms with Crippen molar-refractivity contribution in [2.75, 3.05) is 6.54 Å². The number of guanidine groups is 1. The molecule has 0 spiro atoms. The molecule has 0 radical (unpaired) electrons. The van der Waals surface area contributed by atoms with Crippen molar-refractivity contribution < 1.29 is 4.74 Å². The Morgan fingerprint density at radius 2 is 1.86 bits per heavy atom. The summed E-state index contributed by atoms with van der Waals surface area (Å²) in [4.78, 5) is 6.82. The van der Waals surface area contributed by atoms with E-state index in [2.05, 4.69) is 34.2 Å². The van der Waals surface area contributed by atoms with Crippen molar-refractivity contribution >= 4 is 5.96 Å². The molecule has 0 amide bonds. The number of benzene rings is 1. The molecule has 1 heterocycles. The SMILES string of the molecule is CC(C)Oc1ccc(C2CN=C(N)N2C2CCCC2)cc1. The molecule has 1 fully saturated rings. The van der Waals surface area contributed by atoms with Gasteiger partial charge in [-0.25, -0.2) is 0 Å². The van der Waals surface area contributed by atoms with Gasteiger partial charge in [-0.1, -0.05) is 25.0 Å². The lowest BCUT2D eigenvalue weighted by Crippen LogP contribution is -2.42. The van der Waals surface area contributed by atoms with Crippen LogP contribution in [0, 0.1) is 0 Å². The van der Waals surface area contributed by atoms with Gasteiger partial charge in [0.15, 0.2) is 5.96 Å². The van der Waals surface area contributed by atoms with E-state index in [4.69, 9.17) is 10.5 Å². The van der Waals surface area contributed by atoms with Crippen molar-refractivity contribution in [3.05, 3.63) is 29.8 Å². The zero-order valence-corrected chi connectivity index (χ0v) is 13.0. The smallest absolute Gasteiger partial charge is 0.192 e. The summed E-state index contributed by atoms with van der Waals surface area (Å²) >= 11 is 0. The van der Waals surface area contributed by atoms with E-state index in [1.807, 2.05) is 13.8 Å². The van der Waals surface area contributed by atoms with E-state index in [1.165, 1.54) is 31.2 Å². The zero-order chi connectivity index (χ0) is 14.8. The van der Waals surface area contributed by atoms with E-state index in [1.54, 1.807) is 0 Å². The third kappa shape index (κ3) is 2.99. The Labute approximate surface area is 127 Å². The van der Waals surface area contributed by atoms with E-state index in [9.17, 15) is 0 Å². The summed E-state index contributed by atoms with van der Waals surface area (Å²) in [5.74, 6) is 1.64. The summed E-state index contributed by atoms with van der Waals surface area (Å²) in [5, 5.41) is 0. The predicted molar refractivity (Wildman–Crippen MR) is 85.5 cm³/mol. The first-order valence-electron chi connectivity index (χ1n) is 8.00. The number of nitrogens with two attached hydrogens (primary N) is 1. The molecule has 1 unspecified atom stereocenters. The highest BCUT2D eigenvalue weighted by Gasteiger charge is 2.34. The van der Waals surface area contributed by atoms with Crippen LogP contribution in [0.15, 0.2) is 29.3 Å². The molecule has 1 aromatic carbocycles. The summed E-state index contributed by atoms with van der Waals surface area (Å²) in [5.41, 5.74) is 7.41. The average Bonchev–Trinajstić information content (AvgIpc) is 3.08. The van der Waals surface area contributed by atoms with Crippen LogP contribution in [-0.2, 0) is 0 Å². The number of hydrogen-bond acceptors (Lipinski definition) is 4. The molecule has 2 aliphatic rings. The molecule has 1 aromatic rings. The normalized spacial score (nSPS) is 22.9. The Kier molecular flexibility index (Phi) is 4.04. The zero-order valence-electron chi connectivity index (χ0n) is 13.0. The first-order chi connectivity index (χ1) is 10.1. The molecule has 4 heteroatoms. The molecule has 114 valence electrons. The van der Waals surface area contributed by atoms with Crippen molar-refractivity contribution in [2.45, 2.75) is 57.7 Å². The number of ether oxygens (including phenoxy) is 1. The molecule has 1 aliphatic heterocycles. The number of rotatable bonds is 4. The minimum Gasteiger partial charge on any atom is -0.491 e. The van der Waals surface area contributed by atoms with Gasteiger partial charge in [0.2, 0.25) is 0 Å². The fourth-order valence-corrected chi connectivity index (χ4v) is 3.44. The van der Waals surface area contributed by atoms with Crippen LogP contribution in [0.1, 0.15) is 51.1 Å². The van der Waals surface area contributed by atoms with Crippen molar-refractivity contribution in [1.29, 1.82) is 0 Å². The lowest BCUT2D eigenvalue weighted by Gasteiger charge is -2.32. The summed E-state index contributed by atoms with van der Waals surface area (Å²) in [6, 6.07) is 9.26. The van der Waals surface area contributed by atoms with Crippen molar-refractivity contribution in [1.82, 2.24) is 4.90 Å². The molecular formula is C17H25N3O. The molecule has 1 saturated carbocycles. The molecular weight excluding hydrogens is 262 g/mol. The maximum atomic E-state index is 6.13. The summed E-state index contributed by atoms with van der Waals surface area (Å²) in [7, 11) is 0. The molecule has 4 nitrogen and oxygen atoms in total. The van der Waals surface area contributed by atoms with Gasteiger partial charge in [-0.2, -0.15) is 0 Å². The fraction of sp³-hybridized carbons (Fsp3) is 0.588. The second-order valence-electron chi connectivity index (χ2n) is 6.30. The van der Waals surface area contributed by atoms with E-state index in [0.29, 0.717) is 12.1 Å².